The third kappa shape index (κ3) is 4.49. The van der Waals surface area contributed by atoms with E-state index in [1.54, 1.807) is 6.08 Å². The van der Waals surface area contributed by atoms with Crippen molar-refractivity contribution in [2.75, 3.05) is 6.61 Å². The van der Waals surface area contributed by atoms with Crippen molar-refractivity contribution in [1.29, 1.82) is 0 Å². The summed E-state index contributed by atoms with van der Waals surface area (Å²) in [6, 6.07) is 21.2. The molecule has 0 aliphatic heterocycles. The highest BCUT2D eigenvalue weighted by molar-refractivity contribution is 5.85. The second-order valence-electron chi connectivity index (χ2n) is 6.07. The number of furan rings is 1. The SMILES string of the molecule is O=C(O)/C=C/c1cccc(CC(CO)c2ccc(-c3ccccc3)o2)c1. The molecule has 3 aromatic rings. The van der Waals surface area contributed by atoms with Gasteiger partial charge in [-0.3, -0.25) is 0 Å². The smallest absolute Gasteiger partial charge is 0.328 e. The molecule has 0 amide bonds. The van der Waals surface area contributed by atoms with Crippen LogP contribution in [0.15, 0.2) is 77.2 Å². The molecule has 2 aromatic carbocycles. The van der Waals surface area contributed by atoms with Crippen molar-refractivity contribution in [3.63, 3.8) is 0 Å². The van der Waals surface area contributed by atoms with Crippen LogP contribution in [0, 0.1) is 0 Å². The van der Waals surface area contributed by atoms with Gasteiger partial charge in [0, 0.05) is 17.6 Å². The van der Waals surface area contributed by atoms with Crippen LogP contribution >= 0.6 is 0 Å². The second-order valence-corrected chi connectivity index (χ2v) is 6.07. The van der Waals surface area contributed by atoms with Crippen molar-refractivity contribution in [2.24, 2.45) is 0 Å². The van der Waals surface area contributed by atoms with Gasteiger partial charge in [-0.15, -0.1) is 0 Å². The van der Waals surface area contributed by atoms with Crippen LogP contribution in [0.3, 0.4) is 0 Å². The highest BCUT2D eigenvalue weighted by Crippen LogP contribution is 2.28. The van der Waals surface area contributed by atoms with Gasteiger partial charge in [0.1, 0.15) is 11.5 Å². The highest BCUT2D eigenvalue weighted by Gasteiger charge is 2.16. The van der Waals surface area contributed by atoms with Crippen molar-refractivity contribution in [2.45, 2.75) is 12.3 Å². The molecule has 0 saturated heterocycles. The normalized spacial score (nSPS) is 12.3. The second kappa shape index (κ2) is 8.32. The number of carboxylic acid groups (broad SMARTS) is 1. The summed E-state index contributed by atoms with van der Waals surface area (Å²) in [6.45, 7) is -0.0308. The predicted octanol–water partition coefficient (Wildman–Crippen LogP) is 4.36. The molecule has 132 valence electrons. The molecule has 0 radical (unpaired) electrons. The molecule has 4 nitrogen and oxygen atoms in total. The minimum atomic E-state index is -0.979. The molecule has 0 fully saturated rings. The first-order valence-corrected chi connectivity index (χ1v) is 8.41. The molecule has 0 spiro atoms. The minimum absolute atomic E-state index is 0.0308. The van der Waals surface area contributed by atoms with Gasteiger partial charge in [0.25, 0.3) is 0 Å². The third-order valence-corrected chi connectivity index (χ3v) is 4.16. The lowest BCUT2D eigenvalue weighted by molar-refractivity contribution is -0.131. The number of hydrogen-bond donors (Lipinski definition) is 2. The Kier molecular flexibility index (Phi) is 5.66. The molecule has 1 unspecified atom stereocenters. The van der Waals surface area contributed by atoms with E-state index >= 15 is 0 Å². The van der Waals surface area contributed by atoms with E-state index < -0.39 is 5.97 Å². The number of rotatable bonds is 7. The Balaban J connectivity index is 1.77. The average molecular weight is 348 g/mol. The van der Waals surface area contributed by atoms with Crippen molar-refractivity contribution in [3.8, 4) is 11.3 Å². The third-order valence-electron chi connectivity index (χ3n) is 4.16. The van der Waals surface area contributed by atoms with Gasteiger partial charge in [0.15, 0.2) is 0 Å². The van der Waals surface area contributed by atoms with Crippen LogP contribution in [-0.2, 0) is 11.2 Å². The minimum Gasteiger partial charge on any atom is -0.478 e. The van der Waals surface area contributed by atoms with Gasteiger partial charge in [-0.05, 0) is 35.8 Å². The summed E-state index contributed by atoms with van der Waals surface area (Å²) in [4.78, 5) is 10.7. The van der Waals surface area contributed by atoms with Crippen LogP contribution < -0.4 is 0 Å². The summed E-state index contributed by atoms with van der Waals surface area (Å²) >= 11 is 0. The molecule has 0 aliphatic carbocycles. The summed E-state index contributed by atoms with van der Waals surface area (Å²) in [7, 11) is 0. The van der Waals surface area contributed by atoms with E-state index in [-0.39, 0.29) is 12.5 Å². The number of aliphatic carboxylic acids is 1. The Labute approximate surface area is 152 Å². The Morgan fingerprint density at radius 1 is 1.04 bits per heavy atom. The summed E-state index contributed by atoms with van der Waals surface area (Å²) in [5.41, 5.74) is 2.82. The van der Waals surface area contributed by atoms with E-state index in [9.17, 15) is 9.90 Å². The number of aliphatic hydroxyl groups is 1. The topological polar surface area (TPSA) is 70.7 Å². The van der Waals surface area contributed by atoms with Gasteiger partial charge in [-0.25, -0.2) is 4.79 Å². The molecule has 3 rings (SSSR count). The van der Waals surface area contributed by atoms with Gasteiger partial charge in [0.05, 0.1) is 6.61 Å². The molecule has 0 aliphatic rings. The summed E-state index contributed by atoms with van der Waals surface area (Å²) in [6.07, 6.45) is 3.27. The van der Waals surface area contributed by atoms with Gasteiger partial charge in [-0.1, -0.05) is 54.6 Å². The van der Waals surface area contributed by atoms with E-state index in [1.807, 2.05) is 66.7 Å². The first kappa shape index (κ1) is 17.7. The fourth-order valence-corrected chi connectivity index (χ4v) is 2.86. The molecule has 26 heavy (non-hydrogen) atoms. The van der Waals surface area contributed by atoms with E-state index in [4.69, 9.17) is 9.52 Å². The molecule has 2 N–H and O–H groups in total. The fraction of sp³-hybridized carbons (Fsp3) is 0.136. The molecule has 1 atom stereocenters. The van der Waals surface area contributed by atoms with Crippen molar-refractivity contribution < 1.29 is 19.4 Å². The van der Waals surface area contributed by atoms with Crippen LogP contribution in [0.5, 0.6) is 0 Å². The quantitative estimate of drug-likeness (QED) is 0.622. The van der Waals surface area contributed by atoms with Crippen LogP contribution in [0.25, 0.3) is 17.4 Å². The van der Waals surface area contributed by atoms with Crippen LogP contribution in [-0.4, -0.2) is 22.8 Å². The van der Waals surface area contributed by atoms with E-state index in [2.05, 4.69) is 0 Å². The number of aliphatic hydroxyl groups excluding tert-OH is 1. The molecule has 0 saturated carbocycles. The highest BCUT2D eigenvalue weighted by atomic mass is 16.4. The lowest BCUT2D eigenvalue weighted by atomic mass is 9.96. The Bertz CT molecular complexity index is 893. The maximum Gasteiger partial charge on any atom is 0.328 e. The zero-order chi connectivity index (χ0) is 18.4. The van der Waals surface area contributed by atoms with Gasteiger partial charge in [-0.2, -0.15) is 0 Å². The first-order chi connectivity index (χ1) is 12.7. The van der Waals surface area contributed by atoms with Crippen molar-refractivity contribution >= 4 is 12.0 Å². The monoisotopic (exact) mass is 348 g/mol. The molecule has 1 aromatic heterocycles. The van der Waals surface area contributed by atoms with Gasteiger partial charge < -0.3 is 14.6 Å². The molecular formula is C22H20O4. The lowest BCUT2D eigenvalue weighted by Crippen LogP contribution is -2.07. The largest absolute Gasteiger partial charge is 0.478 e. The van der Waals surface area contributed by atoms with Gasteiger partial charge in [0.2, 0.25) is 0 Å². The maximum absolute atomic E-state index is 10.7. The number of hydrogen-bond acceptors (Lipinski definition) is 3. The Hall–Kier alpha value is -3.11. The lowest BCUT2D eigenvalue weighted by Gasteiger charge is -2.12. The number of carbonyl (C=O) groups is 1. The summed E-state index contributed by atoms with van der Waals surface area (Å²) in [5.74, 6) is 0.369. The Morgan fingerprint density at radius 3 is 2.58 bits per heavy atom. The van der Waals surface area contributed by atoms with Crippen LogP contribution in [0.2, 0.25) is 0 Å². The predicted molar refractivity (Wildman–Crippen MR) is 101 cm³/mol. The number of carboxylic acids is 1. The number of benzene rings is 2. The molecule has 1 heterocycles. The van der Waals surface area contributed by atoms with E-state index in [0.717, 1.165) is 34.3 Å². The van der Waals surface area contributed by atoms with Crippen molar-refractivity contribution in [3.05, 3.63) is 89.7 Å². The zero-order valence-electron chi connectivity index (χ0n) is 14.2. The van der Waals surface area contributed by atoms with Gasteiger partial charge >= 0.3 is 5.97 Å². The van der Waals surface area contributed by atoms with E-state index in [1.165, 1.54) is 0 Å². The average Bonchev–Trinajstić information content (AvgIpc) is 3.15. The molecule has 0 bridgehead atoms. The maximum atomic E-state index is 10.7. The Morgan fingerprint density at radius 2 is 1.85 bits per heavy atom. The summed E-state index contributed by atoms with van der Waals surface area (Å²) in [5, 5.41) is 18.6. The van der Waals surface area contributed by atoms with Crippen LogP contribution in [0.1, 0.15) is 22.8 Å². The van der Waals surface area contributed by atoms with E-state index in [0.29, 0.717) is 6.42 Å². The summed E-state index contributed by atoms with van der Waals surface area (Å²) < 4.78 is 5.95. The first-order valence-electron chi connectivity index (χ1n) is 8.41. The van der Waals surface area contributed by atoms with Crippen LogP contribution in [0.4, 0.5) is 0 Å². The standard InChI is InChI=1S/C22H20O4/c23-15-19(14-17-6-4-5-16(13-17)9-12-22(24)25)21-11-10-20(26-21)18-7-2-1-3-8-18/h1-13,19,23H,14-15H2,(H,24,25)/b12-9+. The molecular weight excluding hydrogens is 328 g/mol. The zero-order valence-corrected chi connectivity index (χ0v) is 14.2. The molecule has 4 heteroatoms. The van der Waals surface area contributed by atoms with Crippen molar-refractivity contribution in [1.82, 2.24) is 0 Å². The fourth-order valence-electron chi connectivity index (χ4n) is 2.86.